The van der Waals surface area contributed by atoms with Gasteiger partial charge in [0.25, 0.3) is 5.56 Å². The third-order valence-corrected chi connectivity index (χ3v) is 5.41. The number of hydrogen-bond donors (Lipinski definition) is 0. The molecule has 2 fully saturated rings. The van der Waals surface area contributed by atoms with E-state index in [1.807, 2.05) is 31.2 Å². The Morgan fingerprint density at radius 2 is 2.00 bits per heavy atom. The molecule has 2 aliphatic rings. The minimum atomic E-state index is -0.262. The summed E-state index contributed by atoms with van der Waals surface area (Å²) in [5.41, 5.74) is 2.11. The van der Waals surface area contributed by atoms with E-state index < -0.39 is 0 Å². The van der Waals surface area contributed by atoms with E-state index in [0.29, 0.717) is 24.0 Å². The number of benzene rings is 1. The molecule has 26 heavy (non-hydrogen) atoms. The number of carbonyl (C=O) groups is 1. The lowest BCUT2D eigenvalue weighted by molar-refractivity contribution is -0.145. The molecule has 3 aromatic rings. The van der Waals surface area contributed by atoms with Gasteiger partial charge < -0.3 is 4.74 Å². The van der Waals surface area contributed by atoms with Gasteiger partial charge in [-0.2, -0.15) is 5.10 Å². The van der Waals surface area contributed by atoms with E-state index in [9.17, 15) is 9.59 Å². The molecular formula is C19H18N4O3. The highest BCUT2D eigenvalue weighted by Crippen LogP contribution is 2.54. The average Bonchev–Trinajstić information content (AvgIpc) is 3.17. The SMILES string of the molecule is Cc1ccc(-n2ncc3c(=O)n(CC4CC5(CC5)C(=O)O4)cnc32)cc1. The molecule has 7 nitrogen and oxygen atoms in total. The van der Waals surface area contributed by atoms with Gasteiger partial charge in [-0.15, -0.1) is 0 Å². The smallest absolute Gasteiger partial charge is 0.312 e. The second-order valence-corrected chi connectivity index (χ2v) is 7.34. The molecule has 1 aromatic carbocycles. The van der Waals surface area contributed by atoms with Gasteiger partial charge in [0.2, 0.25) is 0 Å². The first kappa shape index (κ1) is 15.3. The fourth-order valence-electron chi connectivity index (χ4n) is 3.67. The van der Waals surface area contributed by atoms with Crippen LogP contribution in [0.15, 0.2) is 41.6 Å². The van der Waals surface area contributed by atoms with Crippen LogP contribution in [0.3, 0.4) is 0 Å². The molecule has 1 unspecified atom stereocenters. The van der Waals surface area contributed by atoms with Crippen LogP contribution >= 0.6 is 0 Å². The normalized spacial score (nSPS) is 20.7. The zero-order chi connectivity index (χ0) is 17.9. The number of cyclic esters (lactones) is 1. The lowest BCUT2D eigenvalue weighted by Gasteiger charge is -2.11. The maximum atomic E-state index is 12.8. The molecule has 0 radical (unpaired) electrons. The lowest BCUT2D eigenvalue weighted by atomic mass is 10.0. The molecule has 7 heteroatoms. The summed E-state index contributed by atoms with van der Waals surface area (Å²) in [6.45, 7) is 2.36. The minimum Gasteiger partial charge on any atom is -0.460 e. The molecule has 0 N–H and O–H groups in total. The Kier molecular flexibility index (Phi) is 3.10. The molecule has 1 spiro atoms. The molecule has 1 atom stereocenters. The first-order chi connectivity index (χ1) is 12.6. The van der Waals surface area contributed by atoms with Crippen LogP contribution in [-0.4, -0.2) is 31.4 Å². The first-order valence-corrected chi connectivity index (χ1v) is 8.77. The van der Waals surface area contributed by atoms with E-state index in [1.54, 1.807) is 10.9 Å². The van der Waals surface area contributed by atoms with Crippen LogP contribution < -0.4 is 5.56 Å². The van der Waals surface area contributed by atoms with Gasteiger partial charge >= 0.3 is 5.97 Å². The van der Waals surface area contributed by atoms with Gasteiger partial charge in [0, 0.05) is 6.42 Å². The highest BCUT2D eigenvalue weighted by Gasteiger charge is 2.57. The number of ether oxygens (including phenoxy) is 1. The van der Waals surface area contributed by atoms with Gasteiger partial charge in [0.15, 0.2) is 5.65 Å². The van der Waals surface area contributed by atoms with Crippen molar-refractivity contribution in [2.45, 2.75) is 38.8 Å². The predicted molar refractivity (Wildman–Crippen MR) is 94.0 cm³/mol. The largest absolute Gasteiger partial charge is 0.460 e. The highest BCUT2D eigenvalue weighted by molar-refractivity contribution is 5.82. The first-order valence-electron chi connectivity index (χ1n) is 8.77. The summed E-state index contributed by atoms with van der Waals surface area (Å²) in [6, 6.07) is 7.88. The zero-order valence-electron chi connectivity index (χ0n) is 14.4. The Morgan fingerprint density at radius 3 is 2.69 bits per heavy atom. The second kappa shape index (κ2) is 5.27. The molecule has 3 heterocycles. The Morgan fingerprint density at radius 1 is 1.23 bits per heavy atom. The fraction of sp³-hybridized carbons (Fsp3) is 0.368. The topological polar surface area (TPSA) is 79.0 Å². The maximum absolute atomic E-state index is 12.8. The fourth-order valence-corrected chi connectivity index (χ4v) is 3.67. The van der Waals surface area contributed by atoms with Gasteiger partial charge in [-0.1, -0.05) is 17.7 Å². The Hall–Kier alpha value is -2.96. The molecule has 2 aromatic heterocycles. The van der Waals surface area contributed by atoms with E-state index >= 15 is 0 Å². The molecule has 1 aliphatic heterocycles. The number of rotatable bonds is 3. The summed E-state index contributed by atoms with van der Waals surface area (Å²) in [7, 11) is 0. The van der Waals surface area contributed by atoms with Crippen LogP contribution in [0.5, 0.6) is 0 Å². The standard InChI is InChI=1S/C19H18N4O3/c1-12-2-4-13(5-3-12)23-16-15(9-21-23)17(24)22(11-20-16)10-14-8-19(6-7-19)18(25)26-14/h2-5,9,11,14H,6-8,10H2,1H3. The molecule has 5 rings (SSSR count). The number of aryl methyl sites for hydroxylation is 1. The van der Waals surface area contributed by atoms with E-state index in [4.69, 9.17) is 4.74 Å². The van der Waals surface area contributed by atoms with Crippen LogP contribution in [0.25, 0.3) is 16.7 Å². The van der Waals surface area contributed by atoms with Crippen LogP contribution in [-0.2, 0) is 16.1 Å². The average molecular weight is 350 g/mol. The summed E-state index contributed by atoms with van der Waals surface area (Å²) >= 11 is 0. The molecule has 132 valence electrons. The van der Waals surface area contributed by atoms with Crippen molar-refractivity contribution in [3.8, 4) is 5.69 Å². The maximum Gasteiger partial charge on any atom is 0.312 e. The van der Waals surface area contributed by atoms with Gasteiger partial charge in [-0.3, -0.25) is 14.2 Å². The van der Waals surface area contributed by atoms with Crippen LogP contribution in [0, 0.1) is 12.3 Å². The summed E-state index contributed by atoms with van der Waals surface area (Å²) in [6.07, 6.45) is 5.30. The Bertz CT molecular complexity index is 1080. The number of aromatic nitrogens is 4. The van der Waals surface area contributed by atoms with E-state index in [1.165, 1.54) is 10.9 Å². The molecule has 1 aliphatic carbocycles. The van der Waals surface area contributed by atoms with Crippen molar-refractivity contribution in [2.24, 2.45) is 5.41 Å². The third kappa shape index (κ3) is 2.27. The van der Waals surface area contributed by atoms with Crippen molar-refractivity contribution < 1.29 is 9.53 Å². The summed E-state index contributed by atoms with van der Waals surface area (Å²) in [5, 5.41) is 4.79. The predicted octanol–water partition coefficient (Wildman–Crippen LogP) is 1.99. The number of hydrogen-bond acceptors (Lipinski definition) is 5. The van der Waals surface area contributed by atoms with Crippen molar-refractivity contribution in [1.29, 1.82) is 0 Å². The second-order valence-electron chi connectivity index (χ2n) is 7.34. The van der Waals surface area contributed by atoms with Crippen molar-refractivity contribution in [1.82, 2.24) is 19.3 Å². The molecule has 1 saturated carbocycles. The van der Waals surface area contributed by atoms with Gasteiger partial charge in [0.1, 0.15) is 17.8 Å². The summed E-state index contributed by atoms with van der Waals surface area (Å²) in [5.74, 6) is -0.114. The van der Waals surface area contributed by atoms with Gasteiger partial charge in [-0.25, -0.2) is 9.67 Å². The third-order valence-electron chi connectivity index (χ3n) is 5.41. The molecular weight excluding hydrogens is 332 g/mol. The van der Waals surface area contributed by atoms with E-state index in [2.05, 4.69) is 10.1 Å². The van der Waals surface area contributed by atoms with Crippen LogP contribution in [0.4, 0.5) is 0 Å². The summed E-state index contributed by atoms with van der Waals surface area (Å²) < 4.78 is 8.63. The molecule has 0 bridgehead atoms. The minimum absolute atomic E-state index is 0.114. The van der Waals surface area contributed by atoms with Gasteiger partial charge in [-0.05, 0) is 31.9 Å². The quantitative estimate of drug-likeness (QED) is 0.675. The summed E-state index contributed by atoms with van der Waals surface area (Å²) in [4.78, 5) is 29.1. The molecule has 0 amide bonds. The number of fused-ring (bicyclic) bond motifs is 1. The Labute approximate surface area is 149 Å². The molecule has 1 saturated heterocycles. The van der Waals surface area contributed by atoms with E-state index in [-0.39, 0.29) is 23.0 Å². The van der Waals surface area contributed by atoms with Gasteiger partial charge in [0.05, 0.1) is 23.8 Å². The number of nitrogens with zero attached hydrogens (tertiary/aromatic N) is 4. The number of esters is 1. The Balaban J connectivity index is 1.48. The van der Waals surface area contributed by atoms with Crippen molar-refractivity contribution in [2.75, 3.05) is 0 Å². The van der Waals surface area contributed by atoms with Crippen molar-refractivity contribution in [3.05, 3.63) is 52.7 Å². The van der Waals surface area contributed by atoms with Crippen LogP contribution in [0.1, 0.15) is 24.8 Å². The van der Waals surface area contributed by atoms with E-state index in [0.717, 1.165) is 24.1 Å². The zero-order valence-corrected chi connectivity index (χ0v) is 14.4. The monoisotopic (exact) mass is 350 g/mol. The van der Waals surface area contributed by atoms with Crippen LogP contribution in [0.2, 0.25) is 0 Å². The highest BCUT2D eigenvalue weighted by atomic mass is 16.6. The lowest BCUT2D eigenvalue weighted by Crippen LogP contribution is -2.27. The number of carbonyl (C=O) groups excluding carboxylic acids is 1. The van der Waals surface area contributed by atoms with Crippen molar-refractivity contribution in [3.63, 3.8) is 0 Å². The van der Waals surface area contributed by atoms with Crippen molar-refractivity contribution >= 4 is 17.0 Å².